The minimum atomic E-state index is -0.761. The summed E-state index contributed by atoms with van der Waals surface area (Å²) < 4.78 is 11.5. The average molecular weight is 425 g/mol. The molecule has 0 bridgehead atoms. The summed E-state index contributed by atoms with van der Waals surface area (Å²) in [4.78, 5) is 50.5. The fourth-order valence-corrected chi connectivity index (χ4v) is 3.63. The number of nitro groups is 1. The zero-order valence-electron chi connectivity index (χ0n) is 16.6. The molecule has 1 unspecified atom stereocenters. The van der Waals surface area contributed by atoms with Crippen LogP contribution < -0.4 is 9.47 Å². The number of hydrogen-bond donors (Lipinski definition) is 0. The van der Waals surface area contributed by atoms with E-state index in [1.165, 1.54) is 23.1 Å². The van der Waals surface area contributed by atoms with E-state index in [1.54, 1.807) is 19.2 Å². The normalized spacial score (nSPS) is 16.8. The molecule has 1 atom stereocenters. The number of benzene rings is 2. The molecule has 3 amide bonds. The van der Waals surface area contributed by atoms with E-state index in [9.17, 15) is 24.5 Å². The Hall–Kier alpha value is -3.95. The van der Waals surface area contributed by atoms with Crippen LogP contribution in [-0.2, 0) is 4.79 Å². The van der Waals surface area contributed by atoms with Crippen molar-refractivity contribution in [3.05, 3.63) is 63.7 Å². The van der Waals surface area contributed by atoms with Gasteiger partial charge in [0.1, 0.15) is 12.2 Å². The van der Waals surface area contributed by atoms with E-state index in [4.69, 9.17) is 9.47 Å². The predicted octanol–water partition coefficient (Wildman–Crippen LogP) is 1.88. The van der Waals surface area contributed by atoms with Crippen molar-refractivity contribution in [1.82, 2.24) is 9.80 Å². The van der Waals surface area contributed by atoms with Crippen LogP contribution in [0.3, 0.4) is 0 Å². The highest BCUT2D eigenvalue weighted by molar-refractivity contribution is 6.23. The molecule has 0 aliphatic carbocycles. The molecule has 2 aliphatic heterocycles. The molecule has 31 heavy (non-hydrogen) atoms. The molecule has 10 heteroatoms. The Morgan fingerprint density at radius 2 is 1.90 bits per heavy atom. The van der Waals surface area contributed by atoms with Gasteiger partial charge in [0.15, 0.2) is 17.6 Å². The third-order valence-electron chi connectivity index (χ3n) is 5.19. The van der Waals surface area contributed by atoms with Crippen molar-refractivity contribution in [2.45, 2.75) is 12.5 Å². The van der Waals surface area contributed by atoms with Crippen LogP contribution in [0.25, 0.3) is 0 Å². The topological polar surface area (TPSA) is 119 Å². The van der Waals surface area contributed by atoms with Crippen LogP contribution in [0.2, 0.25) is 0 Å². The van der Waals surface area contributed by atoms with Crippen molar-refractivity contribution >= 4 is 23.4 Å². The van der Waals surface area contributed by atoms with Gasteiger partial charge in [-0.2, -0.15) is 0 Å². The summed E-state index contributed by atoms with van der Waals surface area (Å²) in [6.45, 7) is 0.384. The van der Waals surface area contributed by atoms with Crippen LogP contribution >= 0.6 is 0 Å². The summed E-state index contributed by atoms with van der Waals surface area (Å²) in [6, 6.07) is 11.1. The molecule has 0 saturated heterocycles. The molecule has 2 heterocycles. The van der Waals surface area contributed by atoms with E-state index in [1.807, 2.05) is 12.1 Å². The molecule has 0 N–H and O–H groups in total. The molecule has 0 spiro atoms. The van der Waals surface area contributed by atoms with E-state index < -0.39 is 22.4 Å². The monoisotopic (exact) mass is 425 g/mol. The van der Waals surface area contributed by atoms with Gasteiger partial charge in [-0.3, -0.25) is 29.4 Å². The predicted molar refractivity (Wildman–Crippen MR) is 107 cm³/mol. The summed E-state index contributed by atoms with van der Waals surface area (Å²) in [6.07, 6.45) is -0.467. The van der Waals surface area contributed by atoms with Crippen molar-refractivity contribution in [3.63, 3.8) is 0 Å². The second kappa shape index (κ2) is 8.05. The Balaban J connectivity index is 1.36. The van der Waals surface area contributed by atoms with Gasteiger partial charge in [-0.15, -0.1) is 0 Å². The maximum atomic E-state index is 12.6. The van der Waals surface area contributed by atoms with E-state index in [2.05, 4.69) is 0 Å². The first-order chi connectivity index (χ1) is 14.9. The lowest BCUT2D eigenvalue weighted by molar-refractivity contribution is -0.385. The van der Waals surface area contributed by atoms with Crippen LogP contribution in [0.4, 0.5) is 5.69 Å². The lowest BCUT2D eigenvalue weighted by atomic mass is 10.1. The first-order valence-corrected chi connectivity index (χ1v) is 9.63. The maximum Gasteiger partial charge on any atom is 0.282 e. The highest BCUT2D eigenvalue weighted by atomic mass is 16.6. The summed E-state index contributed by atoms with van der Waals surface area (Å²) >= 11 is 0. The Bertz CT molecular complexity index is 1080. The molecule has 2 aromatic rings. The fourth-order valence-electron chi connectivity index (χ4n) is 3.63. The highest BCUT2D eigenvalue weighted by Crippen LogP contribution is 2.32. The molecule has 2 aromatic carbocycles. The molecule has 0 aromatic heterocycles. The number of rotatable bonds is 6. The van der Waals surface area contributed by atoms with Crippen molar-refractivity contribution in [3.8, 4) is 11.5 Å². The van der Waals surface area contributed by atoms with Gasteiger partial charge in [0.2, 0.25) is 5.91 Å². The Labute approximate surface area is 177 Å². The van der Waals surface area contributed by atoms with Crippen molar-refractivity contribution in [1.29, 1.82) is 0 Å². The molecular formula is C21H19N3O7. The lowest BCUT2D eigenvalue weighted by Crippen LogP contribution is -2.43. The number of para-hydroxylation sites is 2. The summed E-state index contributed by atoms with van der Waals surface area (Å²) in [5, 5.41) is 11.2. The molecular weight excluding hydrogens is 406 g/mol. The lowest BCUT2D eigenvalue weighted by Gasteiger charge is -2.29. The number of imide groups is 1. The highest BCUT2D eigenvalue weighted by Gasteiger charge is 2.41. The van der Waals surface area contributed by atoms with Crippen LogP contribution in [0.5, 0.6) is 11.5 Å². The van der Waals surface area contributed by atoms with Gasteiger partial charge in [0.05, 0.1) is 17.0 Å². The van der Waals surface area contributed by atoms with Gasteiger partial charge in [-0.1, -0.05) is 18.2 Å². The number of carbonyl (C=O) groups excluding carboxylic acids is 3. The standard InChI is InChI=1S/C21H19N3O7/c1-22(11-13-12-30-16-7-2-3-8-17(16)31-13)18(25)9-10-23-20(26)14-5-4-6-15(24(28)29)19(14)21(23)27/h2-8,13H,9-12H2,1H3. The Kier molecular flexibility index (Phi) is 5.28. The molecule has 0 saturated carbocycles. The molecule has 0 fully saturated rings. The van der Waals surface area contributed by atoms with E-state index >= 15 is 0 Å². The number of carbonyl (C=O) groups is 3. The van der Waals surface area contributed by atoms with E-state index in [0.29, 0.717) is 11.5 Å². The number of hydrogen-bond acceptors (Lipinski definition) is 7. The third kappa shape index (κ3) is 3.79. The van der Waals surface area contributed by atoms with Gasteiger partial charge in [0.25, 0.3) is 17.5 Å². The summed E-state index contributed by atoms with van der Waals surface area (Å²) in [5.74, 6) is -0.448. The second-order valence-electron chi connectivity index (χ2n) is 7.24. The van der Waals surface area contributed by atoms with Gasteiger partial charge in [-0.05, 0) is 18.2 Å². The molecule has 160 valence electrons. The number of fused-ring (bicyclic) bond motifs is 2. The first-order valence-electron chi connectivity index (χ1n) is 9.63. The van der Waals surface area contributed by atoms with Crippen LogP contribution in [0, 0.1) is 10.1 Å². The number of nitrogens with zero attached hydrogens (tertiary/aromatic N) is 3. The number of amides is 3. The summed E-state index contributed by atoms with van der Waals surface area (Å²) in [7, 11) is 1.60. The first kappa shape index (κ1) is 20.3. The van der Waals surface area contributed by atoms with Crippen molar-refractivity contribution in [2.24, 2.45) is 0 Å². The van der Waals surface area contributed by atoms with E-state index in [-0.39, 0.29) is 49.3 Å². The Morgan fingerprint density at radius 3 is 2.65 bits per heavy atom. The summed E-state index contributed by atoms with van der Waals surface area (Å²) in [5.41, 5.74) is -0.673. The SMILES string of the molecule is CN(CC1COc2ccccc2O1)C(=O)CCN1C(=O)c2cccc([N+](=O)[O-])c2C1=O. The zero-order chi connectivity index (χ0) is 22.1. The van der Waals surface area contributed by atoms with Crippen LogP contribution in [0.1, 0.15) is 27.1 Å². The zero-order valence-corrected chi connectivity index (χ0v) is 16.6. The van der Waals surface area contributed by atoms with Crippen molar-refractivity contribution in [2.75, 3.05) is 26.7 Å². The van der Waals surface area contributed by atoms with Crippen molar-refractivity contribution < 1.29 is 28.8 Å². The van der Waals surface area contributed by atoms with Gasteiger partial charge < -0.3 is 14.4 Å². The minimum absolute atomic E-state index is 0.0218. The van der Waals surface area contributed by atoms with Gasteiger partial charge in [-0.25, -0.2) is 0 Å². The number of ether oxygens (including phenoxy) is 2. The molecule has 10 nitrogen and oxygen atoms in total. The second-order valence-corrected chi connectivity index (χ2v) is 7.24. The molecule has 0 radical (unpaired) electrons. The van der Waals surface area contributed by atoms with Crippen LogP contribution in [0.15, 0.2) is 42.5 Å². The number of likely N-dealkylation sites (N-methyl/N-ethyl adjacent to an activating group) is 1. The minimum Gasteiger partial charge on any atom is -0.486 e. The van der Waals surface area contributed by atoms with E-state index in [0.717, 1.165) is 4.90 Å². The van der Waals surface area contributed by atoms with Gasteiger partial charge >= 0.3 is 0 Å². The molecule has 2 aliphatic rings. The average Bonchev–Trinajstić information content (AvgIpc) is 3.01. The maximum absolute atomic E-state index is 12.6. The molecule has 4 rings (SSSR count). The number of nitro benzene ring substituents is 1. The third-order valence-corrected chi connectivity index (χ3v) is 5.19. The quantitative estimate of drug-likeness (QED) is 0.394. The van der Waals surface area contributed by atoms with Crippen LogP contribution in [-0.4, -0.2) is 65.3 Å². The fraction of sp³-hybridized carbons (Fsp3) is 0.286. The largest absolute Gasteiger partial charge is 0.486 e. The van der Waals surface area contributed by atoms with Gasteiger partial charge in [0, 0.05) is 26.1 Å². The smallest absolute Gasteiger partial charge is 0.282 e. The Morgan fingerprint density at radius 1 is 1.16 bits per heavy atom.